The Hall–Kier alpha value is -3.19. The third-order valence-electron chi connectivity index (χ3n) is 5.88. The van der Waals surface area contributed by atoms with Crippen molar-refractivity contribution >= 4 is 21.6 Å². The number of likely N-dealkylation sites (tertiary alicyclic amines) is 1. The Morgan fingerprint density at radius 3 is 2.43 bits per heavy atom. The van der Waals surface area contributed by atoms with Gasteiger partial charge in [-0.1, -0.05) is 24.3 Å². The monoisotopic (exact) mass is 419 g/mol. The number of sulfone groups is 1. The molecule has 1 N–H and O–H groups in total. The zero-order chi connectivity index (χ0) is 20.7. The molecule has 7 heteroatoms. The van der Waals surface area contributed by atoms with E-state index in [1.165, 1.54) is 0 Å². The second-order valence-corrected chi connectivity index (χ2v) is 9.54. The Kier molecular flexibility index (Phi) is 4.55. The van der Waals surface area contributed by atoms with Crippen molar-refractivity contribution < 1.29 is 13.2 Å². The van der Waals surface area contributed by atoms with Crippen LogP contribution in [-0.4, -0.2) is 37.4 Å². The molecule has 30 heavy (non-hydrogen) atoms. The average Bonchev–Trinajstić information content (AvgIpc) is 3.01. The van der Waals surface area contributed by atoms with Crippen molar-refractivity contribution in [2.45, 2.75) is 28.6 Å². The number of fused-ring (bicyclic) bond motifs is 3. The number of pyridine rings is 1. The molecule has 1 saturated heterocycles. The molecule has 2 aliphatic rings. The van der Waals surface area contributed by atoms with Crippen molar-refractivity contribution in [3.63, 3.8) is 0 Å². The van der Waals surface area contributed by atoms with Gasteiger partial charge in [0.15, 0.2) is 0 Å². The van der Waals surface area contributed by atoms with Crippen LogP contribution in [0.2, 0.25) is 0 Å². The highest BCUT2D eigenvalue weighted by atomic mass is 32.2. The molecule has 0 spiro atoms. The van der Waals surface area contributed by atoms with Gasteiger partial charge in [0.1, 0.15) is 0 Å². The molecule has 3 heterocycles. The zero-order valence-corrected chi connectivity index (χ0v) is 17.1. The summed E-state index contributed by atoms with van der Waals surface area (Å²) in [5, 5.41) is 2.93. The molecule has 0 aliphatic carbocycles. The number of piperidine rings is 1. The first kappa shape index (κ1) is 18.8. The normalized spacial score (nSPS) is 17.3. The van der Waals surface area contributed by atoms with Gasteiger partial charge >= 0.3 is 6.03 Å². The molecule has 152 valence electrons. The van der Waals surface area contributed by atoms with Crippen LogP contribution in [0.4, 0.5) is 10.5 Å². The molecule has 1 aromatic heterocycles. The number of carbonyl (C=O) groups excluding carboxylic acids is 1. The van der Waals surface area contributed by atoms with E-state index in [4.69, 9.17) is 0 Å². The van der Waals surface area contributed by atoms with Crippen molar-refractivity contribution in [2.75, 3.05) is 18.4 Å². The van der Waals surface area contributed by atoms with E-state index in [2.05, 4.69) is 10.3 Å². The zero-order valence-electron chi connectivity index (χ0n) is 16.3. The van der Waals surface area contributed by atoms with Crippen molar-refractivity contribution in [2.24, 2.45) is 0 Å². The van der Waals surface area contributed by atoms with Crippen LogP contribution >= 0.6 is 0 Å². The van der Waals surface area contributed by atoms with Gasteiger partial charge in [-0.05, 0) is 49.2 Å². The van der Waals surface area contributed by atoms with Gasteiger partial charge in [0.2, 0.25) is 9.84 Å². The summed E-state index contributed by atoms with van der Waals surface area (Å²) in [4.78, 5) is 19.6. The lowest BCUT2D eigenvalue weighted by Gasteiger charge is -2.31. The Bertz CT molecular complexity index is 1220. The molecule has 0 radical (unpaired) electrons. The average molecular weight is 420 g/mol. The first-order valence-electron chi connectivity index (χ1n) is 9.99. The van der Waals surface area contributed by atoms with Gasteiger partial charge in [-0.2, -0.15) is 0 Å². The molecule has 2 aliphatic heterocycles. The summed E-state index contributed by atoms with van der Waals surface area (Å²) < 4.78 is 25.4. The Morgan fingerprint density at radius 1 is 0.933 bits per heavy atom. The summed E-state index contributed by atoms with van der Waals surface area (Å²) in [6.07, 6.45) is 3.56. The number of anilines is 1. The number of aromatic nitrogens is 1. The smallest absolute Gasteiger partial charge is 0.321 e. The van der Waals surface area contributed by atoms with Crippen LogP contribution < -0.4 is 5.32 Å². The molecule has 0 bridgehead atoms. The fourth-order valence-corrected chi connectivity index (χ4v) is 5.96. The third kappa shape index (κ3) is 3.15. The summed E-state index contributed by atoms with van der Waals surface area (Å²) >= 11 is 0. The minimum absolute atomic E-state index is 0.163. The van der Waals surface area contributed by atoms with Crippen LogP contribution in [0.5, 0.6) is 0 Å². The predicted octanol–water partition coefficient (Wildman–Crippen LogP) is 4.31. The maximum Gasteiger partial charge on any atom is 0.321 e. The molecule has 2 amide bonds. The van der Waals surface area contributed by atoms with Gasteiger partial charge < -0.3 is 10.2 Å². The molecule has 5 rings (SSSR count). The van der Waals surface area contributed by atoms with Crippen LogP contribution in [0.3, 0.4) is 0 Å². The van der Waals surface area contributed by atoms with E-state index in [-0.39, 0.29) is 10.9 Å². The molecule has 0 saturated carbocycles. The quantitative estimate of drug-likeness (QED) is 0.525. The highest BCUT2D eigenvalue weighted by Crippen LogP contribution is 2.43. The van der Waals surface area contributed by atoms with E-state index < -0.39 is 9.84 Å². The van der Waals surface area contributed by atoms with Gasteiger partial charge in [0.05, 0.1) is 9.79 Å². The fraction of sp³-hybridized carbons (Fsp3) is 0.217. The van der Waals surface area contributed by atoms with Crippen LogP contribution in [0.1, 0.15) is 24.5 Å². The molecule has 6 nitrogen and oxygen atoms in total. The first-order valence-corrected chi connectivity index (χ1v) is 11.5. The van der Waals surface area contributed by atoms with E-state index in [1.54, 1.807) is 47.5 Å². The second-order valence-electron chi connectivity index (χ2n) is 7.66. The third-order valence-corrected chi connectivity index (χ3v) is 7.75. The van der Waals surface area contributed by atoms with Crippen molar-refractivity contribution in [3.05, 3.63) is 72.6 Å². The van der Waals surface area contributed by atoms with E-state index in [1.807, 2.05) is 24.3 Å². The lowest BCUT2D eigenvalue weighted by Crippen LogP contribution is -2.40. The standard InChI is InChI=1S/C23H21N3O3S/c27-23(26-13-10-16(11-14-26)20-6-3-4-12-24-20)25-17-8-9-22-19(15-17)18-5-1-2-7-21(18)30(22,28)29/h1-9,12,15-16H,10-11,13-14H2,(H,25,27). The second kappa shape index (κ2) is 7.25. The molecular formula is C23H21N3O3S. The van der Waals surface area contributed by atoms with Crippen LogP contribution in [-0.2, 0) is 9.84 Å². The minimum atomic E-state index is -3.49. The first-order chi connectivity index (χ1) is 14.5. The topological polar surface area (TPSA) is 79.4 Å². The SMILES string of the molecule is O=C(Nc1ccc2c(c1)-c1ccccc1S2(=O)=O)N1CCC(c2ccccn2)CC1. The minimum Gasteiger partial charge on any atom is -0.324 e. The number of carbonyl (C=O) groups is 1. The number of nitrogens with zero attached hydrogens (tertiary/aromatic N) is 2. The van der Waals surface area contributed by atoms with Gasteiger partial charge in [0.25, 0.3) is 0 Å². The number of amides is 2. The summed E-state index contributed by atoms with van der Waals surface area (Å²) in [5.41, 5.74) is 2.99. The Labute approximate surface area is 175 Å². The summed E-state index contributed by atoms with van der Waals surface area (Å²) in [5.74, 6) is 0.372. The fourth-order valence-electron chi connectivity index (χ4n) is 4.29. The molecule has 0 unspecified atom stereocenters. The highest BCUT2D eigenvalue weighted by Gasteiger charge is 2.33. The number of nitrogens with one attached hydrogen (secondary N) is 1. The van der Waals surface area contributed by atoms with E-state index in [0.717, 1.165) is 18.5 Å². The summed E-state index contributed by atoms with van der Waals surface area (Å²) in [6.45, 7) is 1.32. The van der Waals surface area contributed by atoms with E-state index >= 15 is 0 Å². The van der Waals surface area contributed by atoms with Crippen LogP contribution in [0.25, 0.3) is 11.1 Å². The van der Waals surface area contributed by atoms with Gasteiger partial charge in [-0.3, -0.25) is 4.98 Å². The van der Waals surface area contributed by atoms with E-state index in [9.17, 15) is 13.2 Å². The van der Waals surface area contributed by atoms with Gasteiger partial charge in [0, 0.05) is 47.7 Å². The number of urea groups is 1. The van der Waals surface area contributed by atoms with Crippen molar-refractivity contribution in [1.29, 1.82) is 0 Å². The lowest BCUT2D eigenvalue weighted by molar-refractivity contribution is 0.194. The number of hydrogen-bond acceptors (Lipinski definition) is 4. The molecule has 3 aromatic rings. The van der Waals surface area contributed by atoms with Gasteiger partial charge in [-0.15, -0.1) is 0 Å². The van der Waals surface area contributed by atoms with Crippen molar-refractivity contribution in [1.82, 2.24) is 9.88 Å². The maximum atomic E-state index is 12.8. The Balaban J connectivity index is 1.31. The number of hydrogen-bond donors (Lipinski definition) is 1. The molecular weight excluding hydrogens is 398 g/mol. The van der Waals surface area contributed by atoms with Crippen LogP contribution in [0, 0.1) is 0 Å². The molecule has 0 atom stereocenters. The van der Waals surface area contributed by atoms with Crippen molar-refractivity contribution in [3.8, 4) is 11.1 Å². The maximum absolute atomic E-state index is 12.8. The van der Waals surface area contributed by atoms with Crippen LogP contribution in [0.15, 0.2) is 76.7 Å². The molecule has 2 aromatic carbocycles. The highest BCUT2D eigenvalue weighted by molar-refractivity contribution is 7.92. The number of rotatable bonds is 2. The summed E-state index contributed by atoms with van der Waals surface area (Å²) in [7, 11) is -3.49. The molecule has 1 fully saturated rings. The summed E-state index contributed by atoms with van der Waals surface area (Å²) in [6, 6.07) is 17.7. The largest absolute Gasteiger partial charge is 0.324 e. The predicted molar refractivity (Wildman–Crippen MR) is 114 cm³/mol. The van der Waals surface area contributed by atoms with Gasteiger partial charge in [-0.25, -0.2) is 13.2 Å². The lowest BCUT2D eigenvalue weighted by atomic mass is 9.93. The Morgan fingerprint density at radius 2 is 1.67 bits per heavy atom. The number of benzene rings is 2. The van der Waals surface area contributed by atoms with E-state index in [0.29, 0.717) is 40.7 Å².